The van der Waals surface area contributed by atoms with E-state index < -0.39 is 0 Å². The minimum absolute atomic E-state index is 0.130. The molecule has 148 valence electrons. The third-order valence-corrected chi connectivity index (χ3v) is 6.45. The Bertz CT molecular complexity index is 786. The van der Waals surface area contributed by atoms with Crippen molar-refractivity contribution >= 4 is 17.2 Å². The monoisotopic (exact) mass is 390 g/mol. The number of hydrogen-bond donors (Lipinski definition) is 1. The van der Waals surface area contributed by atoms with Crippen LogP contribution >= 0.6 is 11.3 Å². The highest BCUT2D eigenvalue weighted by molar-refractivity contribution is 7.13. The van der Waals surface area contributed by atoms with E-state index in [2.05, 4.69) is 17.3 Å². The molecular weight excluding hydrogens is 360 g/mol. The molecule has 0 spiro atoms. The van der Waals surface area contributed by atoms with E-state index >= 15 is 0 Å². The number of carbonyl (C=O) groups is 1. The van der Waals surface area contributed by atoms with Gasteiger partial charge in [0.2, 0.25) is 5.91 Å². The number of nitrogens with one attached hydrogen (secondary N) is 1. The molecule has 1 N–H and O–H groups in total. The molecule has 6 nitrogen and oxygen atoms in total. The zero-order valence-corrected chi connectivity index (χ0v) is 17.1. The second-order valence-corrected chi connectivity index (χ2v) is 8.46. The molecule has 1 fully saturated rings. The topological polar surface area (TPSA) is 68.9 Å². The molecule has 0 atom stereocenters. The summed E-state index contributed by atoms with van der Waals surface area (Å²) in [5.41, 5.74) is -0.149. The maximum atomic E-state index is 12.4. The van der Waals surface area contributed by atoms with Crippen molar-refractivity contribution in [1.29, 1.82) is 0 Å². The molecule has 7 heteroatoms. The minimum atomic E-state index is -0.149. The van der Waals surface area contributed by atoms with Crippen molar-refractivity contribution in [2.45, 2.75) is 58.4 Å². The molecule has 3 rings (SSSR count). The molecule has 0 aliphatic heterocycles. The molecule has 0 saturated heterocycles. The van der Waals surface area contributed by atoms with Crippen molar-refractivity contribution in [2.24, 2.45) is 18.9 Å². The summed E-state index contributed by atoms with van der Waals surface area (Å²) in [6.07, 6.45) is 8.18. The Hall–Kier alpha value is -1.89. The predicted octanol–water partition coefficient (Wildman–Crippen LogP) is 3.42. The van der Waals surface area contributed by atoms with Crippen molar-refractivity contribution in [2.75, 3.05) is 6.54 Å². The van der Waals surface area contributed by atoms with E-state index in [-0.39, 0.29) is 17.5 Å². The maximum Gasteiger partial charge on any atom is 0.346 e. The van der Waals surface area contributed by atoms with Gasteiger partial charge in [0, 0.05) is 19.5 Å². The van der Waals surface area contributed by atoms with Gasteiger partial charge in [-0.2, -0.15) is 0 Å². The minimum Gasteiger partial charge on any atom is -0.354 e. The quantitative estimate of drug-likeness (QED) is 0.751. The van der Waals surface area contributed by atoms with E-state index in [0.29, 0.717) is 18.9 Å². The van der Waals surface area contributed by atoms with Gasteiger partial charge in [0.1, 0.15) is 0 Å². The molecule has 1 saturated carbocycles. The highest BCUT2D eigenvalue weighted by atomic mass is 32.1. The molecule has 1 amide bonds. The lowest BCUT2D eigenvalue weighted by atomic mass is 9.79. The van der Waals surface area contributed by atoms with Crippen LogP contribution in [0.15, 0.2) is 22.3 Å². The van der Waals surface area contributed by atoms with Crippen LogP contribution in [0.5, 0.6) is 0 Å². The van der Waals surface area contributed by atoms with Gasteiger partial charge < -0.3 is 5.32 Å². The zero-order chi connectivity index (χ0) is 19.2. The average molecular weight is 391 g/mol. The van der Waals surface area contributed by atoms with Crippen LogP contribution < -0.4 is 11.0 Å². The fraction of sp³-hybridized carbons (Fsp3) is 0.650. The molecule has 2 heterocycles. The van der Waals surface area contributed by atoms with Crippen molar-refractivity contribution < 1.29 is 4.79 Å². The largest absolute Gasteiger partial charge is 0.354 e. The van der Waals surface area contributed by atoms with E-state index in [1.165, 1.54) is 36.8 Å². The number of unbranched alkanes of at least 4 members (excludes halogenated alkanes) is 1. The van der Waals surface area contributed by atoms with Crippen LogP contribution in [0.3, 0.4) is 0 Å². The van der Waals surface area contributed by atoms with Crippen LogP contribution in [-0.2, 0) is 18.4 Å². The summed E-state index contributed by atoms with van der Waals surface area (Å²) in [5.74, 6) is 1.74. The zero-order valence-electron chi connectivity index (χ0n) is 16.3. The SMILES string of the molecule is CCCCC1CCC(C(=O)NCCn2nc(-c3cccs3)n(C)c2=O)CC1. The van der Waals surface area contributed by atoms with E-state index in [4.69, 9.17) is 0 Å². The Kier molecular flexibility index (Phi) is 6.88. The van der Waals surface area contributed by atoms with Gasteiger partial charge in [0.25, 0.3) is 0 Å². The third-order valence-electron chi connectivity index (χ3n) is 5.59. The van der Waals surface area contributed by atoms with Gasteiger partial charge in [-0.05, 0) is 43.0 Å². The second-order valence-electron chi connectivity index (χ2n) is 7.52. The van der Waals surface area contributed by atoms with E-state index in [0.717, 1.165) is 23.6 Å². The van der Waals surface area contributed by atoms with Crippen molar-refractivity contribution in [3.05, 3.63) is 28.0 Å². The van der Waals surface area contributed by atoms with Crippen LogP contribution in [0.4, 0.5) is 0 Å². The predicted molar refractivity (Wildman–Crippen MR) is 109 cm³/mol. The summed E-state index contributed by atoms with van der Waals surface area (Å²) in [6, 6.07) is 3.90. The standard InChI is InChI=1S/C20H30N4O2S/c1-3-4-6-15-8-10-16(11-9-15)19(25)21-12-13-24-20(26)23(2)18(22-24)17-7-5-14-27-17/h5,7,14-16H,3-4,6,8-13H2,1-2H3,(H,21,25). The number of nitrogens with zero attached hydrogens (tertiary/aromatic N) is 3. The lowest BCUT2D eigenvalue weighted by molar-refractivity contribution is -0.126. The number of amides is 1. The molecule has 0 radical (unpaired) electrons. The van der Waals surface area contributed by atoms with Gasteiger partial charge in [-0.1, -0.05) is 32.3 Å². The van der Waals surface area contributed by atoms with Crippen LogP contribution in [0.1, 0.15) is 51.9 Å². The first-order valence-corrected chi connectivity index (χ1v) is 10.9. The summed E-state index contributed by atoms with van der Waals surface area (Å²) in [4.78, 5) is 25.7. The Labute approximate surface area is 164 Å². The third kappa shape index (κ3) is 4.89. The normalized spacial score (nSPS) is 19.9. The van der Waals surface area contributed by atoms with Gasteiger partial charge in [0.05, 0.1) is 11.4 Å². The Morgan fingerprint density at radius 3 is 2.78 bits per heavy atom. The molecule has 2 aromatic heterocycles. The number of thiophene rings is 1. The number of hydrogen-bond acceptors (Lipinski definition) is 4. The second kappa shape index (κ2) is 9.35. The summed E-state index contributed by atoms with van der Waals surface area (Å²) in [5, 5.41) is 9.40. The Morgan fingerprint density at radius 2 is 2.11 bits per heavy atom. The first-order valence-electron chi connectivity index (χ1n) is 10.1. The Balaban J connectivity index is 1.47. The van der Waals surface area contributed by atoms with Gasteiger partial charge in [-0.3, -0.25) is 9.36 Å². The Morgan fingerprint density at radius 1 is 1.33 bits per heavy atom. The molecule has 1 aliphatic carbocycles. The summed E-state index contributed by atoms with van der Waals surface area (Å²) >= 11 is 1.56. The molecule has 1 aliphatic rings. The summed E-state index contributed by atoms with van der Waals surface area (Å²) in [7, 11) is 1.73. The maximum absolute atomic E-state index is 12.4. The highest BCUT2D eigenvalue weighted by Crippen LogP contribution is 2.31. The smallest absolute Gasteiger partial charge is 0.346 e. The van der Waals surface area contributed by atoms with E-state index in [1.807, 2.05) is 17.5 Å². The lowest BCUT2D eigenvalue weighted by Gasteiger charge is -2.27. The van der Waals surface area contributed by atoms with E-state index in [9.17, 15) is 9.59 Å². The molecular formula is C20H30N4O2S. The number of aromatic nitrogens is 3. The van der Waals surface area contributed by atoms with Crippen LogP contribution in [0.25, 0.3) is 10.7 Å². The van der Waals surface area contributed by atoms with Gasteiger partial charge in [0.15, 0.2) is 5.82 Å². The summed E-state index contributed by atoms with van der Waals surface area (Å²) < 4.78 is 3.00. The van der Waals surface area contributed by atoms with Crippen molar-refractivity contribution in [3.8, 4) is 10.7 Å². The lowest BCUT2D eigenvalue weighted by Crippen LogP contribution is -2.36. The summed E-state index contributed by atoms with van der Waals surface area (Å²) in [6.45, 7) is 3.07. The van der Waals surface area contributed by atoms with Crippen LogP contribution in [0.2, 0.25) is 0 Å². The first-order chi connectivity index (χ1) is 13.1. The van der Waals surface area contributed by atoms with Crippen molar-refractivity contribution in [1.82, 2.24) is 19.7 Å². The molecule has 0 unspecified atom stereocenters. The highest BCUT2D eigenvalue weighted by Gasteiger charge is 2.25. The van der Waals surface area contributed by atoms with Crippen molar-refractivity contribution in [3.63, 3.8) is 0 Å². The fourth-order valence-corrected chi connectivity index (χ4v) is 4.63. The van der Waals surface area contributed by atoms with Crippen LogP contribution in [-0.4, -0.2) is 26.8 Å². The molecule has 2 aromatic rings. The van der Waals surface area contributed by atoms with E-state index in [1.54, 1.807) is 23.0 Å². The average Bonchev–Trinajstić information content (AvgIpc) is 3.31. The van der Waals surface area contributed by atoms with Gasteiger partial charge >= 0.3 is 5.69 Å². The van der Waals surface area contributed by atoms with Gasteiger partial charge in [-0.15, -0.1) is 16.4 Å². The fourth-order valence-electron chi connectivity index (χ4n) is 3.89. The molecule has 27 heavy (non-hydrogen) atoms. The number of carbonyl (C=O) groups excluding carboxylic acids is 1. The van der Waals surface area contributed by atoms with Crippen LogP contribution in [0, 0.1) is 11.8 Å². The molecule has 0 bridgehead atoms. The first kappa shape index (κ1) is 19.9. The molecule has 0 aromatic carbocycles. The number of rotatable bonds is 8. The van der Waals surface area contributed by atoms with Gasteiger partial charge in [-0.25, -0.2) is 9.48 Å².